The van der Waals surface area contributed by atoms with Crippen LogP contribution in [0.15, 0.2) is 24.3 Å². The summed E-state index contributed by atoms with van der Waals surface area (Å²) in [5.74, 6) is -0.358. The van der Waals surface area contributed by atoms with Crippen LogP contribution in [0, 0.1) is 0 Å². The molecule has 0 aliphatic carbocycles. The fraction of sp³-hybridized carbons (Fsp3) is 0.385. The third kappa shape index (κ3) is 6.66. The van der Waals surface area contributed by atoms with Crippen molar-refractivity contribution < 1.29 is 23.1 Å². The molecule has 21 heavy (non-hydrogen) atoms. The fourth-order valence-electron chi connectivity index (χ4n) is 1.62. The molecule has 0 atom stereocenters. The van der Waals surface area contributed by atoms with Gasteiger partial charge in [-0.1, -0.05) is 12.1 Å². The molecule has 3 amide bonds. The van der Waals surface area contributed by atoms with Crippen LogP contribution < -0.4 is 15.4 Å². The highest BCUT2D eigenvalue weighted by Crippen LogP contribution is 2.15. The lowest BCUT2D eigenvalue weighted by Crippen LogP contribution is -2.42. The van der Waals surface area contributed by atoms with E-state index in [1.54, 1.807) is 24.1 Å². The maximum absolute atomic E-state index is 12.0. The highest BCUT2D eigenvalue weighted by atomic mass is 19.3. The average molecular weight is 301 g/mol. The van der Waals surface area contributed by atoms with Gasteiger partial charge in [0.15, 0.2) is 0 Å². The molecule has 0 aromatic heterocycles. The summed E-state index contributed by atoms with van der Waals surface area (Å²) in [6, 6.07) is 5.55. The van der Waals surface area contributed by atoms with Gasteiger partial charge in [-0.25, -0.2) is 4.79 Å². The molecular weight excluding hydrogens is 284 g/mol. The van der Waals surface area contributed by atoms with Crippen molar-refractivity contribution in [1.29, 1.82) is 0 Å². The van der Waals surface area contributed by atoms with Gasteiger partial charge in [-0.15, -0.1) is 0 Å². The van der Waals surface area contributed by atoms with E-state index in [0.717, 1.165) is 5.56 Å². The molecule has 1 aromatic carbocycles. The third-order valence-corrected chi connectivity index (χ3v) is 2.49. The van der Waals surface area contributed by atoms with Crippen molar-refractivity contribution in [2.45, 2.75) is 13.2 Å². The Morgan fingerprint density at radius 3 is 2.43 bits per heavy atom. The Hall–Kier alpha value is -2.22. The van der Waals surface area contributed by atoms with E-state index < -0.39 is 18.5 Å². The Kier molecular flexibility index (Phi) is 6.54. The lowest BCUT2D eigenvalue weighted by Gasteiger charge is -2.16. The Morgan fingerprint density at radius 1 is 1.29 bits per heavy atom. The lowest BCUT2D eigenvalue weighted by atomic mass is 10.2. The molecule has 0 aliphatic rings. The third-order valence-electron chi connectivity index (χ3n) is 2.49. The number of hydrogen-bond donors (Lipinski definition) is 2. The molecule has 0 unspecified atom stereocenters. The molecular formula is C13H17F2N3O3. The summed E-state index contributed by atoms with van der Waals surface area (Å²) in [6.07, 6.45) is 0. The van der Waals surface area contributed by atoms with E-state index in [2.05, 4.69) is 15.4 Å². The lowest BCUT2D eigenvalue weighted by molar-refractivity contribution is -0.120. The number of nitrogens with zero attached hydrogens (tertiary/aromatic N) is 1. The van der Waals surface area contributed by atoms with Gasteiger partial charge in [-0.2, -0.15) is 8.78 Å². The summed E-state index contributed by atoms with van der Waals surface area (Å²) < 4.78 is 28.2. The number of amides is 3. The van der Waals surface area contributed by atoms with E-state index in [0.29, 0.717) is 6.54 Å². The topological polar surface area (TPSA) is 70.7 Å². The monoisotopic (exact) mass is 301 g/mol. The van der Waals surface area contributed by atoms with Crippen LogP contribution >= 0.6 is 0 Å². The van der Waals surface area contributed by atoms with Crippen LogP contribution in [-0.4, -0.2) is 44.1 Å². The van der Waals surface area contributed by atoms with Crippen LogP contribution in [0.25, 0.3) is 0 Å². The van der Waals surface area contributed by atoms with E-state index in [1.807, 2.05) is 0 Å². The molecule has 116 valence electrons. The zero-order valence-electron chi connectivity index (χ0n) is 11.7. The van der Waals surface area contributed by atoms with Crippen molar-refractivity contribution in [3.63, 3.8) is 0 Å². The first-order valence-corrected chi connectivity index (χ1v) is 6.14. The standard InChI is InChI=1S/C13H17F2N3O3/c1-16-13(20)17-11(19)8-18(2)7-9-3-5-10(6-4-9)21-12(14)15/h3-6,12H,7-8H2,1-2H3,(H2,16,17,19,20). The van der Waals surface area contributed by atoms with Crippen LogP contribution in [0.2, 0.25) is 0 Å². The maximum atomic E-state index is 12.0. The van der Waals surface area contributed by atoms with Crippen molar-refractivity contribution in [3.8, 4) is 5.75 Å². The minimum atomic E-state index is -2.85. The highest BCUT2D eigenvalue weighted by molar-refractivity contribution is 5.95. The maximum Gasteiger partial charge on any atom is 0.387 e. The molecule has 8 heteroatoms. The highest BCUT2D eigenvalue weighted by Gasteiger charge is 2.10. The van der Waals surface area contributed by atoms with Crippen molar-refractivity contribution >= 4 is 11.9 Å². The van der Waals surface area contributed by atoms with Gasteiger partial charge in [0.2, 0.25) is 5.91 Å². The molecule has 2 N–H and O–H groups in total. The van der Waals surface area contributed by atoms with E-state index in [1.165, 1.54) is 19.2 Å². The number of benzene rings is 1. The fourth-order valence-corrected chi connectivity index (χ4v) is 1.62. The first-order chi connectivity index (χ1) is 9.90. The Labute approximate surface area is 121 Å². The number of carbonyl (C=O) groups is 2. The smallest absolute Gasteiger partial charge is 0.387 e. The summed E-state index contributed by atoms with van der Waals surface area (Å²) in [5, 5.41) is 4.42. The Balaban J connectivity index is 2.45. The number of carbonyl (C=O) groups excluding carboxylic acids is 2. The number of urea groups is 1. The predicted octanol–water partition coefficient (Wildman–Crippen LogP) is 1.18. The molecule has 0 saturated carbocycles. The van der Waals surface area contributed by atoms with Gasteiger partial charge in [0.05, 0.1) is 6.54 Å². The largest absolute Gasteiger partial charge is 0.435 e. The van der Waals surface area contributed by atoms with Crippen LogP contribution in [0.5, 0.6) is 5.75 Å². The number of hydrogen-bond acceptors (Lipinski definition) is 4. The van der Waals surface area contributed by atoms with Gasteiger partial charge in [0, 0.05) is 13.6 Å². The summed E-state index contributed by atoms with van der Waals surface area (Å²) in [7, 11) is 3.11. The number of likely N-dealkylation sites (N-methyl/N-ethyl adjacent to an activating group) is 1. The molecule has 0 heterocycles. The SMILES string of the molecule is CNC(=O)NC(=O)CN(C)Cc1ccc(OC(F)F)cc1. The van der Waals surface area contributed by atoms with Crippen molar-refractivity contribution in [2.24, 2.45) is 0 Å². The number of imide groups is 1. The first kappa shape index (κ1) is 16.8. The summed E-state index contributed by atoms with van der Waals surface area (Å²) in [5.41, 5.74) is 0.826. The van der Waals surface area contributed by atoms with E-state index in [4.69, 9.17) is 0 Å². The number of alkyl halides is 2. The van der Waals surface area contributed by atoms with Crippen LogP contribution in [-0.2, 0) is 11.3 Å². The predicted molar refractivity (Wildman–Crippen MR) is 72.0 cm³/mol. The van der Waals surface area contributed by atoms with E-state index >= 15 is 0 Å². The van der Waals surface area contributed by atoms with Gasteiger partial charge >= 0.3 is 12.6 Å². The quantitative estimate of drug-likeness (QED) is 0.827. The van der Waals surface area contributed by atoms with Crippen LogP contribution in [0.1, 0.15) is 5.56 Å². The first-order valence-electron chi connectivity index (χ1n) is 6.14. The molecule has 0 fully saturated rings. The summed E-state index contributed by atoms with van der Waals surface area (Å²) in [6.45, 7) is -2.40. The van der Waals surface area contributed by atoms with Crippen molar-refractivity contribution in [3.05, 3.63) is 29.8 Å². The average Bonchev–Trinajstić information content (AvgIpc) is 2.39. The second-order valence-electron chi connectivity index (χ2n) is 4.32. The second-order valence-corrected chi connectivity index (χ2v) is 4.32. The van der Waals surface area contributed by atoms with Gasteiger partial charge in [-0.05, 0) is 24.7 Å². The van der Waals surface area contributed by atoms with Gasteiger partial charge < -0.3 is 10.1 Å². The second kappa shape index (κ2) is 8.15. The van der Waals surface area contributed by atoms with Gasteiger partial charge in [-0.3, -0.25) is 15.0 Å². The number of rotatable bonds is 6. The zero-order chi connectivity index (χ0) is 15.8. The molecule has 0 radical (unpaired) electrons. The van der Waals surface area contributed by atoms with Crippen LogP contribution in [0.3, 0.4) is 0 Å². The zero-order valence-corrected chi connectivity index (χ0v) is 11.7. The number of ether oxygens (including phenoxy) is 1. The Morgan fingerprint density at radius 2 is 1.90 bits per heavy atom. The minimum Gasteiger partial charge on any atom is -0.435 e. The van der Waals surface area contributed by atoms with Gasteiger partial charge in [0.1, 0.15) is 5.75 Å². The molecule has 1 rings (SSSR count). The molecule has 1 aromatic rings. The Bertz CT molecular complexity index is 480. The molecule has 0 bridgehead atoms. The minimum absolute atomic E-state index is 0.0305. The molecule has 0 saturated heterocycles. The van der Waals surface area contributed by atoms with Crippen molar-refractivity contribution in [2.75, 3.05) is 20.6 Å². The molecule has 0 aliphatic heterocycles. The number of halogens is 2. The normalized spacial score (nSPS) is 10.6. The van der Waals surface area contributed by atoms with Crippen molar-refractivity contribution in [1.82, 2.24) is 15.5 Å². The molecule has 0 spiro atoms. The molecule has 6 nitrogen and oxygen atoms in total. The van der Waals surface area contributed by atoms with E-state index in [-0.39, 0.29) is 12.3 Å². The van der Waals surface area contributed by atoms with Crippen LogP contribution in [0.4, 0.5) is 13.6 Å². The summed E-state index contributed by atoms with van der Waals surface area (Å²) in [4.78, 5) is 24.1. The number of nitrogens with one attached hydrogen (secondary N) is 2. The van der Waals surface area contributed by atoms with Gasteiger partial charge in [0.25, 0.3) is 0 Å². The van der Waals surface area contributed by atoms with E-state index in [9.17, 15) is 18.4 Å². The summed E-state index contributed by atoms with van der Waals surface area (Å²) >= 11 is 0.